The molecule has 23 heavy (non-hydrogen) atoms. The number of rotatable bonds is 3. The Morgan fingerprint density at radius 3 is 2.65 bits per heavy atom. The van der Waals surface area contributed by atoms with Crippen molar-refractivity contribution in [1.29, 1.82) is 0 Å². The summed E-state index contributed by atoms with van der Waals surface area (Å²) in [6, 6.07) is -0.432. The van der Waals surface area contributed by atoms with E-state index in [2.05, 4.69) is 17.3 Å². The fourth-order valence-corrected chi connectivity index (χ4v) is 3.65. The van der Waals surface area contributed by atoms with Gasteiger partial charge in [-0.05, 0) is 24.7 Å². The number of hydrogen-bond donors (Lipinski definition) is 1. The molecule has 134 valence electrons. The highest BCUT2D eigenvalue weighted by molar-refractivity contribution is 7.09. The third-order valence-corrected chi connectivity index (χ3v) is 5.27. The van der Waals surface area contributed by atoms with E-state index >= 15 is 0 Å². The molecule has 1 saturated heterocycles. The van der Waals surface area contributed by atoms with Gasteiger partial charge in [-0.1, -0.05) is 27.7 Å². The van der Waals surface area contributed by atoms with Gasteiger partial charge in [-0.2, -0.15) is 0 Å². The number of halogens is 2. The lowest BCUT2D eigenvalue weighted by Crippen LogP contribution is -2.52. The first-order chi connectivity index (χ1) is 9.82. The van der Waals surface area contributed by atoms with E-state index in [1.54, 1.807) is 11.3 Å². The van der Waals surface area contributed by atoms with Crippen LogP contribution in [0.25, 0.3) is 0 Å². The largest absolute Gasteiger partial charge is 0.341 e. The van der Waals surface area contributed by atoms with Gasteiger partial charge in [0.1, 0.15) is 0 Å². The van der Waals surface area contributed by atoms with Gasteiger partial charge in [-0.25, -0.2) is 4.98 Å². The average molecular weight is 382 g/mol. The molecule has 1 amide bonds. The number of nitrogens with two attached hydrogens (primary N) is 1. The van der Waals surface area contributed by atoms with Crippen LogP contribution in [0.2, 0.25) is 0 Å². The molecule has 2 rings (SSSR count). The molecule has 4 nitrogen and oxygen atoms in total. The SMILES string of the molecule is CCc1csc(C2CCCN(C(=O)[C@@H](N)C(C)(C)C)C2)n1.Cl.Cl. The van der Waals surface area contributed by atoms with E-state index in [-0.39, 0.29) is 36.1 Å². The average Bonchev–Trinajstić information content (AvgIpc) is 2.94. The van der Waals surface area contributed by atoms with Gasteiger partial charge >= 0.3 is 0 Å². The van der Waals surface area contributed by atoms with E-state index in [0.29, 0.717) is 5.92 Å². The molecular formula is C16H29Cl2N3OS. The fourth-order valence-electron chi connectivity index (χ4n) is 2.62. The van der Waals surface area contributed by atoms with Crippen LogP contribution in [0.4, 0.5) is 0 Å². The summed E-state index contributed by atoms with van der Waals surface area (Å²) in [5.41, 5.74) is 7.09. The molecule has 0 aliphatic carbocycles. The Labute approximate surface area is 156 Å². The monoisotopic (exact) mass is 381 g/mol. The van der Waals surface area contributed by atoms with Gasteiger partial charge in [-0.3, -0.25) is 4.79 Å². The lowest BCUT2D eigenvalue weighted by molar-refractivity contribution is -0.136. The van der Waals surface area contributed by atoms with Gasteiger partial charge in [0.2, 0.25) is 5.91 Å². The van der Waals surface area contributed by atoms with Crippen LogP contribution in [0, 0.1) is 5.41 Å². The molecule has 1 aromatic rings. The highest BCUT2D eigenvalue weighted by Crippen LogP contribution is 2.30. The molecule has 2 N–H and O–H groups in total. The van der Waals surface area contributed by atoms with E-state index in [0.717, 1.165) is 38.0 Å². The molecule has 1 fully saturated rings. The Bertz CT molecular complexity index is 502. The van der Waals surface area contributed by atoms with Crippen molar-refractivity contribution < 1.29 is 4.79 Å². The van der Waals surface area contributed by atoms with E-state index < -0.39 is 6.04 Å². The zero-order valence-corrected chi connectivity index (χ0v) is 16.8. The molecule has 1 aliphatic rings. The smallest absolute Gasteiger partial charge is 0.240 e. The molecule has 7 heteroatoms. The molecule has 1 aliphatic heterocycles. The van der Waals surface area contributed by atoms with Gasteiger partial charge in [0.05, 0.1) is 16.7 Å². The van der Waals surface area contributed by atoms with Gasteiger partial charge in [0.25, 0.3) is 0 Å². The third-order valence-electron chi connectivity index (χ3n) is 4.21. The molecule has 0 saturated carbocycles. The Hall–Kier alpha value is -0.360. The first-order valence-corrected chi connectivity index (χ1v) is 8.69. The zero-order chi connectivity index (χ0) is 15.6. The summed E-state index contributed by atoms with van der Waals surface area (Å²) in [4.78, 5) is 19.2. The van der Waals surface area contributed by atoms with Gasteiger partial charge in [-0.15, -0.1) is 36.2 Å². The lowest BCUT2D eigenvalue weighted by atomic mass is 9.86. The van der Waals surface area contributed by atoms with Crippen molar-refractivity contribution in [1.82, 2.24) is 9.88 Å². The van der Waals surface area contributed by atoms with Crippen LogP contribution in [-0.2, 0) is 11.2 Å². The van der Waals surface area contributed by atoms with Crippen molar-refractivity contribution in [3.63, 3.8) is 0 Å². The zero-order valence-electron chi connectivity index (χ0n) is 14.4. The Kier molecular flexibility index (Phi) is 9.06. The van der Waals surface area contributed by atoms with Crippen LogP contribution in [0.15, 0.2) is 5.38 Å². The fraction of sp³-hybridized carbons (Fsp3) is 0.750. The van der Waals surface area contributed by atoms with Crippen LogP contribution in [-0.4, -0.2) is 34.9 Å². The molecule has 2 heterocycles. The van der Waals surface area contributed by atoms with Crippen molar-refractivity contribution in [2.45, 2.75) is 58.9 Å². The number of likely N-dealkylation sites (tertiary alicyclic amines) is 1. The van der Waals surface area contributed by atoms with Crippen LogP contribution < -0.4 is 5.73 Å². The number of carbonyl (C=O) groups is 1. The molecule has 0 spiro atoms. The molecule has 0 aromatic carbocycles. The number of amides is 1. The van der Waals surface area contributed by atoms with Crippen LogP contribution >= 0.6 is 36.2 Å². The van der Waals surface area contributed by atoms with Gasteiger partial charge in [0, 0.05) is 24.4 Å². The first kappa shape index (κ1) is 22.6. The quantitative estimate of drug-likeness (QED) is 0.869. The van der Waals surface area contributed by atoms with Crippen molar-refractivity contribution >= 4 is 42.1 Å². The standard InChI is InChI=1S/C16H27N3OS.2ClH/c1-5-12-10-21-14(18-12)11-7-6-8-19(9-11)15(20)13(17)16(2,3)4;;/h10-11,13H,5-9,17H2,1-4H3;2*1H/t11?,13-;;/m1../s1. The number of hydrogen-bond acceptors (Lipinski definition) is 4. The second kappa shape index (κ2) is 9.21. The maximum absolute atomic E-state index is 12.6. The number of thiazole rings is 1. The van der Waals surface area contributed by atoms with Crippen LogP contribution in [0.1, 0.15) is 57.2 Å². The van der Waals surface area contributed by atoms with E-state index in [1.165, 1.54) is 5.01 Å². The number of piperidine rings is 1. The molecule has 1 unspecified atom stereocenters. The second-order valence-electron chi connectivity index (χ2n) is 7.00. The highest BCUT2D eigenvalue weighted by Gasteiger charge is 2.34. The van der Waals surface area contributed by atoms with E-state index in [9.17, 15) is 4.79 Å². The van der Waals surface area contributed by atoms with Crippen LogP contribution in [0.5, 0.6) is 0 Å². The van der Waals surface area contributed by atoms with Crippen molar-refractivity contribution in [2.24, 2.45) is 11.1 Å². The summed E-state index contributed by atoms with van der Waals surface area (Å²) in [5, 5.41) is 3.31. The highest BCUT2D eigenvalue weighted by atomic mass is 35.5. The summed E-state index contributed by atoms with van der Waals surface area (Å²) in [5.74, 6) is 0.458. The normalized spacial score (nSPS) is 19.5. The number of nitrogens with zero attached hydrogens (tertiary/aromatic N) is 2. The predicted octanol–water partition coefficient (Wildman–Crippen LogP) is 3.63. The summed E-state index contributed by atoms with van der Waals surface area (Å²) in [6.45, 7) is 9.77. The second-order valence-corrected chi connectivity index (χ2v) is 7.89. The summed E-state index contributed by atoms with van der Waals surface area (Å²) < 4.78 is 0. The predicted molar refractivity (Wildman–Crippen MR) is 102 cm³/mol. The molecular weight excluding hydrogens is 353 g/mol. The molecule has 0 radical (unpaired) electrons. The Morgan fingerprint density at radius 1 is 1.48 bits per heavy atom. The first-order valence-electron chi connectivity index (χ1n) is 7.81. The Balaban J connectivity index is 0.00000242. The minimum absolute atomic E-state index is 0. The minimum atomic E-state index is -0.432. The summed E-state index contributed by atoms with van der Waals surface area (Å²) in [6.07, 6.45) is 3.13. The van der Waals surface area contributed by atoms with E-state index in [1.807, 2.05) is 25.7 Å². The summed E-state index contributed by atoms with van der Waals surface area (Å²) in [7, 11) is 0. The van der Waals surface area contributed by atoms with Crippen molar-refractivity contribution in [3.8, 4) is 0 Å². The third kappa shape index (κ3) is 5.59. The maximum atomic E-state index is 12.6. The number of carbonyl (C=O) groups excluding carboxylic acids is 1. The van der Waals surface area contributed by atoms with Crippen molar-refractivity contribution in [2.75, 3.05) is 13.1 Å². The lowest BCUT2D eigenvalue weighted by Gasteiger charge is -2.36. The van der Waals surface area contributed by atoms with E-state index in [4.69, 9.17) is 5.73 Å². The molecule has 2 atom stereocenters. The van der Waals surface area contributed by atoms with Gasteiger partial charge < -0.3 is 10.6 Å². The Morgan fingerprint density at radius 2 is 2.13 bits per heavy atom. The topological polar surface area (TPSA) is 59.2 Å². The maximum Gasteiger partial charge on any atom is 0.240 e. The van der Waals surface area contributed by atoms with Crippen molar-refractivity contribution in [3.05, 3.63) is 16.1 Å². The molecule has 0 bridgehead atoms. The number of aromatic nitrogens is 1. The summed E-state index contributed by atoms with van der Waals surface area (Å²) >= 11 is 1.73. The van der Waals surface area contributed by atoms with Crippen LogP contribution in [0.3, 0.4) is 0 Å². The van der Waals surface area contributed by atoms with Gasteiger partial charge in [0.15, 0.2) is 0 Å². The minimum Gasteiger partial charge on any atom is -0.341 e. The molecule has 1 aromatic heterocycles. The number of aryl methyl sites for hydroxylation is 1.